The number of nitrogens with one attached hydrogen (secondary N) is 2. The van der Waals surface area contributed by atoms with E-state index in [0.717, 1.165) is 29.8 Å². The Morgan fingerprint density at radius 2 is 1.83 bits per heavy atom. The largest absolute Gasteiger partial charge is 0.481 e. The zero-order valence-corrected chi connectivity index (χ0v) is 13.9. The summed E-state index contributed by atoms with van der Waals surface area (Å²) in [6, 6.07) is 5.89. The summed E-state index contributed by atoms with van der Waals surface area (Å²) in [6.45, 7) is 2.02. The van der Waals surface area contributed by atoms with E-state index < -0.39 is 5.97 Å². The van der Waals surface area contributed by atoms with Gasteiger partial charge in [0, 0.05) is 31.5 Å². The van der Waals surface area contributed by atoms with Crippen molar-refractivity contribution >= 4 is 23.4 Å². The van der Waals surface area contributed by atoms with Gasteiger partial charge in [0.05, 0.1) is 5.92 Å². The molecule has 3 N–H and O–H groups in total. The second-order valence-electron chi connectivity index (χ2n) is 6.39. The van der Waals surface area contributed by atoms with E-state index in [1.54, 1.807) is 14.1 Å². The third-order valence-corrected chi connectivity index (χ3v) is 4.33. The molecule has 0 atom stereocenters. The van der Waals surface area contributed by atoms with Gasteiger partial charge >= 0.3 is 12.0 Å². The molecule has 6 heteroatoms. The van der Waals surface area contributed by atoms with Gasteiger partial charge in [0.1, 0.15) is 0 Å². The number of nitrogens with zero attached hydrogens (tertiary/aromatic N) is 1. The van der Waals surface area contributed by atoms with Crippen molar-refractivity contribution in [3.63, 3.8) is 0 Å². The highest BCUT2D eigenvalue weighted by Crippen LogP contribution is 2.29. The first-order valence-corrected chi connectivity index (χ1v) is 7.95. The van der Waals surface area contributed by atoms with Crippen molar-refractivity contribution in [2.75, 3.05) is 24.7 Å². The fraction of sp³-hybridized carbons (Fsp3) is 0.529. The lowest BCUT2D eigenvalue weighted by atomic mass is 9.86. The molecule has 1 aromatic carbocycles. The van der Waals surface area contributed by atoms with Gasteiger partial charge in [-0.15, -0.1) is 0 Å². The van der Waals surface area contributed by atoms with Crippen LogP contribution in [0.2, 0.25) is 0 Å². The molecule has 126 valence electrons. The molecule has 23 heavy (non-hydrogen) atoms. The van der Waals surface area contributed by atoms with Gasteiger partial charge in [0.2, 0.25) is 0 Å². The highest BCUT2D eigenvalue weighted by molar-refractivity contribution is 5.89. The Kier molecular flexibility index (Phi) is 5.47. The molecule has 1 fully saturated rings. The predicted octanol–water partition coefficient (Wildman–Crippen LogP) is 3.14. The number of hydrogen-bond acceptors (Lipinski definition) is 3. The van der Waals surface area contributed by atoms with Crippen LogP contribution in [0.4, 0.5) is 16.2 Å². The van der Waals surface area contributed by atoms with Crippen molar-refractivity contribution in [2.24, 2.45) is 5.92 Å². The highest BCUT2D eigenvalue weighted by Gasteiger charge is 2.26. The lowest BCUT2D eigenvalue weighted by molar-refractivity contribution is -0.142. The molecule has 1 aromatic rings. The highest BCUT2D eigenvalue weighted by atomic mass is 16.4. The van der Waals surface area contributed by atoms with Gasteiger partial charge in [-0.3, -0.25) is 4.79 Å². The van der Waals surface area contributed by atoms with Gasteiger partial charge in [-0.05, 0) is 50.3 Å². The minimum atomic E-state index is -0.687. The molecule has 0 aliphatic heterocycles. The Labute approximate surface area is 136 Å². The fourth-order valence-electron chi connectivity index (χ4n) is 2.80. The first-order valence-electron chi connectivity index (χ1n) is 7.95. The SMILES string of the molecule is Cc1ccc(NC(=O)N(C)C)cc1NC1CCC(C(=O)O)CC1. The summed E-state index contributed by atoms with van der Waals surface area (Å²) in [5.74, 6) is -0.895. The molecule has 0 unspecified atom stereocenters. The van der Waals surface area contributed by atoms with E-state index in [4.69, 9.17) is 5.11 Å². The number of amides is 2. The molecular weight excluding hydrogens is 294 g/mol. The molecule has 0 heterocycles. The van der Waals surface area contributed by atoms with Crippen molar-refractivity contribution in [3.05, 3.63) is 23.8 Å². The minimum absolute atomic E-state index is 0.165. The van der Waals surface area contributed by atoms with Crippen LogP contribution in [-0.2, 0) is 4.79 Å². The van der Waals surface area contributed by atoms with Crippen LogP contribution in [0.3, 0.4) is 0 Å². The summed E-state index contributed by atoms with van der Waals surface area (Å²) >= 11 is 0. The number of hydrogen-bond donors (Lipinski definition) is 3. The van der Waals surface area contributed by atoms with E-state index >= 15 is 0 Å². The average Bonchev–Trinajstić information content (AvgIpc) is 2.51. The van der Waals surface area contributed by atoms with Crippen LogP contribution >= 0.6 is 0 Å². The molecule has 1 saturated carbocycles. The predicted molar refractivity (Wildman–Crippen MR) is 90.9 cm³/mol. The molecule has 0 radical (unpaired) electrons. The van der Waals surface area contributed by atoms with Crippen molar-refractivity contribution in [2.45, 2.75) is 38.6 Å². The first kappa shape index (κ1) is 17.1. The van der Waals surface area contributed by atoms with Crippen molar-refractivity contribution < 1.29 is 14.7 Å². The van der Waals surface area contributed by atoms with Crippen LogP contribution in [-0.4, -0.2) is 42.1 Å². The van der Waals surface area contributed by atoms with Crippen LogP contribution in [0, 0.1) is 12.8 Å². The number of aliphatic carboxylic acids is 1. The second-order valence-corrected chi connectivity index (χ2v) is 6.39. The van der Waals surface area contributed by atoms with E-state index in [-0.39, 0.29) is 18.0 Å². The molecule has 0 bridgehead atoms. The van der Waals surface area contributed by atoms with Gasteiger partial charge in [-0.2, -0.15) is 0 Å². The van der Waals surface area contributed by atoms with Crippen LogP contribution < -0.4 is 10.6 Å². The minimum Gasteiger partial charge on any atom is -0.481 e. The molecule has 0 spiro atoms. The number of benzene rings is 1. The summed E-state index contributed by atoms with van der Waals surface area (Å²) in [5, 5.41) is 15.4. The third kappa shape index (κ3) is 4.61. The van der Waals surface area contributed by atoms with E-state index in [1.807, 2.05) is 25.1 Å². The fourth-order valence-corrected chi connectivity index (χ4v) is 2.80. The maximum absolute atomic E-state index is 11.7. The van der Waals surface area contributed by atoms with Gasteiger partial charge < -0.3 is 20.6 Å². The van der Waals surface area contributed by atoms with E-state index in [9.17, 15) is 9.59 Å². The zero-order valence-electron chi connectivity index (χ0n) is 13.9. The molecular formula is C17H25N3O3. The van der Waals surface area contributed by atoms with Crippen molar-refractivity contribution in [1.29, 1.82) is 0 Å². The molecule has 0 aromatic heterocycles. The van der Waals surface area contributed by atoms with Gasteiger partial charge in [-0.25, -0.2) is 4.79 Å². The summed E-state index contributed by atoms with van der Waals surface area (Å²) in [6.07, 6.45) is 3.13. The number of anilines is 2. The quantitative estimate of drug-likeness (QED) is 0.796. The number of urea groups is 1. The molecule has 6 nitrogen and oxygen atoms in total. The number of aryl methyl sites for hydroxylation is 1. The number of carboxylic acids is 1. The van der Waals surface area contributed by atoms with Crippen molar-refractivity contribution in [1.82, 2.24) is 4.90 Å². The Balaban J connectivity index is 2.00. The second kappa shape index (κ2) is 7.35. The van der Waals surface area contributed by atoms with E-state index in [0.29, 0.717) is 12.8 Å². The summed E-state index contributed by atoms with van der Waals surface area (Å²) in [4.78, 5) is 24.2. The van der Waals surface area contributed by atoms with Gasteiger partial charge in [-0.1, -0.05) is 6.07 Å². The molecule has 1 aliphatic carbocycles. The van der Waals surface area contributed by atoms with Crippen LogP contribution in [0.15, 0.2) is 18.2 Å². The Morgan fingerprint density at radius 3 is 2.39 bits per heavy atom. The van der Waals surface area contributed by atoms with Gasteiger partial charge in [0.25, 0.3) is 0 Å². The lowest BCUT2D eigenvalue weighted by Gasteiger charge is -2.28. The van der Waals surface area contributed by atoms with E-state index in [2.05, 4.69) is 10.6 Å². The van der Waals surface area contributed by atoms with Crippen LogP contribution in [0.1, 0.15) is 31.2 Å². The summed E-state index contributed by atoms with van der Waals surface area (Å²) in [5.41, 5.74) is 2.84. The first-order chi connectivity index (χ1) is 10.9. The molecule has 0 saturated heterocycles. The Hall–Kier alpha value is -2.24. The molecule has 1 aliphatic rings. The number of carbonyl (C=O) groups excluding carboxylic acids is 1. The summed E-state index contributed by atoms with van der Waals surface area (Å²) in [7, 11) is 3.40. The Bertz CT molecular complexity index is 578. The smallest absolute Gasteiger partial charge is 0.321 e. The zero-order chi connectivity index (χ0) is 17.0. The van der Waals surface area contributed by atoms with Crippen LogP contribution in [0.25, 0.3) is 0 Å². The van der Waals surface area contributed by atoms with E-state index in [1.165, 1.54) is 4.90 Å². The Morgan fingerprint density at radius 1 is 1.17 bits per heavy atom. The van der Waals surface area contributed by atoms with Gasteiger partial charge in [0.15, 0.2) is 0 Å². The number of carboxylic acid groups (broad SMARTS) is 1. The maximum Gasteiger partial charge on any atom is 0.321 e. The van der Waals surface area contributed by atoms with Crippen molar-refractivity contribution in [3.8, 4) is 0 Å². The maximum atomic E-state index is 11.7. The molecule has 2 amide bonds. The normalized spacial score (nSPS) is 20.7. The summed E-state index contributed by atoms with van der Waals surface area (Å²) < 4.78 is 0. The molecule has 2 rings (SSSR count). The topological polar surface area (TPSA) is 81.7 Å². The number of rotatable bonds is 4. The standard InChI is InChI=1S/C17H25N3O3/c1-11-4-7-14(19-17(23)20(2)3)10-15(11)18-13-8-5-12(6-9-13)16(21)22/h4,7,10,12-13,18H,5-6,8-9H2,1-3H3,(H,19,23)(H,21,22). The third-order valence-electron chi connectivity index (χ3n) is 4.33. The number of carbonyl (C=O) groups is 2. The average molecular weight is 319 g/mol. The monoisotopic (exact) mass is 319 g/mol. The van der Waals surface area contributed by atoms with Crippen LogP contribution in [0.5, 0.6) is 0 Å². The lowest BCUT2D eigenvalue weighted by Crippen LogP contribution is -2.29.